The first-order valence-electron chi connectivity index (χ1n) is 22.4. The van der Waals surface area contributed by atoms with Gasteiger partial charge in [-0.2, -0.15) is 0 Å². The molecule has 8 N–H and O–H groups in total. The zero-order valence-electron chi connectivity index (χ0n) is 39.2. The lowest BCUT2D eigenvalue weighted by Crippen LogP contribution is -2.46. The molecule has 0 bridgehead atoms. The zero-order chi connectivity index (χ0) is 47.5. The summed E-state index contributed by atoms with van der Waals surface area (Å²) in [5, 5.41) is 26.9. The Morgan fingerprint density at radius 3 is 2.31 bits per heavy atom. The number of hydrogen-bond donors (Lipinski definition) is 5. The summed E-state index contributed by atoms with van der Waals surface area (Å²) in [6.45, 7) is 16.9. The number of aryl methyl sites for hydroxylation is 2. The number of piperidine rings is 1. The number of phenols is 1. The lowest BCUT2D eigenvalue weighted by molar-refractivity contribution is -0.139. The van der Waals surface area contributed by atoms with E-state index in [2.05, 4.69) is 67.1 Å². The van der Waals surface area contributed by atoms with Crippen LogP contribution in [0.4, 0.5) is 5.88 Å². The molecule has 2 aliphatic rings. The van der Waals surface area contributed by atoms with Crippen molar-refractivity contribution in [3.63, 3.8) is 0 Å². The number of hydrogen-bond acceptors (Lipinski definition) is 15. The van der Waals surface area contributed by atoms with Crippen LogP contribution < -0.4 is 27.3 Å². The second-order valence-electron chi connectivity index (χ2n) is 15.6. The first-order chi connectivity index (χ1) is 31.5. The Labute approximate surface area is 391 Å². The van der Waals surface area contributed by atoms with Crippen molar-refractivity contribution >= 4 is 50.6 Å². The Morgan fingerprint density at radius 1 is 0.969 bits per heavy atom. The molecule has 0 spiro atoms. The number of thiazole rings is 1. The number of phenolic OH excluding ortho intramolecular Hbond substituents is 1. The molecule has 8 rings (SSSR count). The molecule has 0 aliphatic carbocycles. The summed E-state index contributed by atoms with van der Waals surface area (Å²) in [5.41, 5.74) is 22.3. The lowest BCUT2D eigenvalue weighted by atomic mass is 9.92. The second kappa shape index (κ2) is 26.5. The number of rotatable bonds is 12. The second-order valence-corrected chi connectivity index (χ2v) is 17.5. The molecule has 65 heavy (non-hydrogen) atoms. The third-order valence-corrected chi connectivity index (χ3v) is 13.3. The van der Waals surface area contributed by atoms with Gasteiger partial charge in [-0.15, -0.1) is 32.9 Å². The number of carbonyl (C=O) groups excluding carboxylic acids is 2. The van der Waals surface area contributed by atoms with Crippen LogP contribution >= 0.6 is 22.7 Å². The molecule has 0 saturated carbocycles. The molecule has 2 saturated heterocycles. The molecule has 1 atom stereocenters. The monoisotopic (exact) mass is 928 g/mol. The first kappa shape index (κ1) is 52.2. The number of ether oxygens (including phenoxy) is 1. The number of aromatic nitrogens is 4. The number of aromatic hydroxyl groups is 1. The molecule has 15 nitrogen and oxygen atoms in total. The molecule has 2 amide bonds. The van der Waals surface area contributed by atoms with Gasteiger partial charge in [-0.1, -0.05) is 64.1 Å². The Bertz CT molecular complexity index is 2360. The van der Waals surface area contributed by atoms with E-state index in [1.165, 1.54) is 29.4 Å². The van der Waals surface area contributed by atoms with Crippen LogP contribution in [0, 0.1) is 19.8 Å². The Morgan fingerprint density at radius 2 is 1.68 bits per heavy atom. The Hall–Kier alpha value is -5.46. The maximum absolute atomic E-state index is 12.6. The summed E-state index contributed by atoms with van der Waals surface area (Å²) < 4.78 is 10.4. The predicted octanol–water partition coefficient (Wildman–Crippen LogP) is 8.15. The highest BCUT2D eigenvalue weighted by Gasteiger charge is 2.34. The largest absolute Gasteiger partial charge is 0.507 e. The fourth-order valence-corrected chi connectivity index (χ4v) is 9.84. The Balaban J connectivity index is 0.000000259. The van der Waals surface area contributed by atoms with Gasteiger partial charge in [0.1, 0.15) is 23.2 Å². The van der Waals surface area contributed by atoms with Gasteiger partial charge >= 0.3 is 0 Å². The van der Waals surface area contributed by atoms with Crippen molar-refractivity contribution < 1.29 is 24.0 Å². The summed E-state index contributed by atoms with van der Waals surface area (Å²) in [5.74, 6) is 1.79. The maximum Gasteiger partial charge on any atom is 0.256 e. The van der Waals surface area contributed by atoms with E-state index in [4.69, 9.17) is 15.0 Å². The maximum atomic E-state index is 12.6. The van der Waals surface area contributed by atoms with Crippen LogP contribution in [0.25, 0.3) is 31.9 Å². The molecule has 2 aliphatic heterocycles. The average Bonchev–Trinajstić information content (AvgIpc) is 4.16. The van der Waals surface area contributed by atoms with Crippen molar-refractivity contribution in [1.82, 2.24) is 35.5 Å². The van der Waals surface area contributed by atoms with Crippen LogP contribution in [-0.2, 0) is 16.1 Å². The molecule has 2 aromatic carbocycles. The molecular formula is C48H68N10O5S2. The number of fused-ring (bicyclic) bond motifs is 1. The number of para-hydroxylation sites is 1. The highest BCUT2D eigenvalue weighted by atomic mass is 32.1. The van der Waals surface area contributed by atoms with E-state index in [1.807, 2.05) is 70.5 Å². The third-order valence-electron chi connectivity index (χ3n) is 10.9. The number of carbonyl (C=O) groups is 2. The summed E-state index contributed by atoms with van der Waals surface area (Å²) in [7, 11) is 3.00. The third kappa shape index (κ3) is 14.3. The van der Waals surface area contributed by atoms with Gasteiger partial charge < -0.3 is 41.8 Å². The van der Waals surface area contributed by atoms with Crippen LogP contribution in [0.3, 0.4) is 0 Å². The Kier molecular flexibility index (Phi) is 21.3. The van der Waals surface area contributed by atoms with Gasteiger partial charge in [0, 0.05) is 41.9 Å². The highest BCUT2D eigenvalue weighted by Crippen LogP contribution is 2.40. The van der Waals surface area contributed by atoms with Crippen molar-refractivity contribution in [3.8, 4) is 33.3 Å². The van der Waals surface area contributed by atoms with Crippen LogP contribution in [0.1, 0.15) is 87.4 Å². The SMILES string of the molecule is CC.CN.CN.Cc1c(C2CCN(CCOc3cc(N)on3)CC2)sc2nnc(-c3ccccc3O)cc12.Cc1ncsc1-c1ccc(CNC(=O)C2CCCN2C(=O)CC(C)C)cc1. The molecule has 2 fully saturated rings. The van der Waals surface area contributed by atoms with Gasteiger partial charge in [-0.05, 0) is 119 Å². The van der Waals surface area contributed by atoms with Crippen LogP contribution in [0.5, 0.6) is 11.6 Å². The summed E-state index contributed by atoms with van der Waals surface area (Å²) in [6, 6.07) is 18.8. The average molecular weight is 929 g/mol. The fourth-order valence-electron chi connectivity index (χ4n) is 7.75. The van der Waals surface area contributed by atoms with E-state index >= 15 is 0 Å². The quantitative estimate of drug-likeness (QED) is 0.0782. The number of nitrogens with one attached hydrogen (secondary N) is 1. The number of benzene rings is 2. The van der Waals surface area contributed by atoms with Gasteiger partial charge in [0.05, 0.1) is 27.8 Å². The van der Waals surface area contributed by atoms with E-state index in [9.17, 15) is 14.7 Å². The minimum atomic E-state index is -0.324. The summed E-state index contributed by atoms with van der Waals surface area (Å²) >= 11 is 3.38. The van der Waals surface area contributed by atoms with E-state index in [0.29, 0.717) is 55.1 Å². The van der Waals surface area contributed by atoms with Crippen molar-refractivity contribution in [1.29, 1.82) is 0 Å². The standard InChI is InChI=1S/C23H25N5O3S.C21H27N3O2S.C2H6.2CH5N/c1-14-17-12-18(16-4-2-3-5-19(16)29)25-26-23(17)32-22(14)15-6-8-28(9-7-15)10-11-30-21-13-20(24)31-27-21;1-14(2)11-19(25)24-10-4-5-18(24)21(26)22-12-16-6-8-17(9-7-16)20-15(3)23-13-27-20;3*1-2/h2-5,12-13,15,29H,6-11,24H2,1H3;6-9,13-14,18H,4-5,10-12H2,1-3H3,(H,22,26);1-2H3;2*2H2,1H3. The number of anilines is 1. The number of nitrogens with zero attached hydrogens (tertiary/aromatic N) is 6. The van der Waals surface area contributed by atoms with Gasteiger partial charge in [0.25, 0.3) is 5.88 Å². The number of likely N-dealkylation sites (tertiary alicyclic amines) is 2. The number of nitrogens with two attached hydrogens (primary N) is 3. The molecule has 17 heteroatoms. The van der Waals surface area contributed by atoms with E-state index in [-0.39, 0.29) is 29.5 Å². The highest BCUT2D eigenvalue weighted by molar-refractivity contribution is 7.19. The minimum absolute atomic E-state index is 0.0491. The molecule has 0 radical (unpaired) electrons. The topological polar surface area (TPSA) is 225 Å². The van der Waals surface area contributed by atoms with Gasteiger partial charge in [0.2, 0.25) is 17.7 Å². The molecule has 352 valence electrons. The molecule has 6 aromatic rings. The van der Waals surface area contributed by atoms with Crippen molar-refractivity contribution in [2.75, 3.05) is 52.6 Å². The summed E-state index contributed by atoms with van der Waals surface area (Å²) in [4.78, 5) is 37.0. The normalized spacial score (nSPS) is 14.8. The van der Waals surface area contributed by atoms with Crippen LogP contribution in [0.15, 0.2) is 70.7 Å². The van der Waals surface area contributed by atoms with Gasteiger partial charge in [-0.25, -0.2) is 4.98 Å². The van der Waals surface area contributed by atoms with Crippen LogP contribution in [-0.4, -0.2) is 100.0 Å². The smallest absolute Gasteiger partial charge is 0.256 e. The van der Waals surface area contributed by atoms with Gasteiger partial charge in [-0.3, -0.25) is 14.5 Å². The molecular weight excluding hydrogens is 861 g/mol. The summed E-state index contributed by atoms with van der Waals surface area (Å²) in [6.07, 6.45) is 4.35. The van der Waals surface area contributed by atoms with Crippen molar-refractivity contribution in [2.24, 2.45) is 17.4 Å². The van der Waals surface area contributed by atoms with Crippen molar-refractivity contribution in [2.45, 2.75) is 92.2 Å². The number of thiophene rings is 1. The van der Waals surface area contributed by atoms with E-state index in [0.717, 1.165) is 72.4 Å². The van der Waals surface area contributed by atoms with Gasteiger partial charge in [0.15, 0.2) is 0 Å². The van der Waals surface area contributed by atoms with Crippen molar-refractivity contribution in [3.05, 3.63) is 87.9 Å². The minimum Gasteiger partial charge on any atom is -0.507 e. The van der Waals surface area contributed by atoms with E-state index in [1.54, 1.807) is 39.7 Å². The molecule has 6 heterocycles. The van der Waals surface area contributed by atoms with E-state index < -0.39 is 0 Å². The zero-order valence-corrected chi connectivity index (χ0v) is 40.8. The molecule has 4 aromatic heterocycles. The number of amides is 2. The predicted molar refractivity (Wildman–Crippen MR) is 264 cm³/mol. The van der Waals surface area contributed by atoms with Crippen LogP contribution in [0.2, 0.25) is 0 Å². The number of nitrogen functional groups attached to an aromatic ring is 1. The fraction of sp³-hybridized carbons (Fsp3) is 0.458. The molecule has 1 unspecified atom stereocenters. The lowest BCUT2D eigenvalue weighted by Gasteiger charge is -2.31. The first-order valence-corrected chi connectivity index (χ1v) is 24.1.